The van der Waals surface area contributed by atoms with Gasteiger partial charge in [-0.2, -0.15) is 0 Å². The van der Waals surface area contributed by atoms with E-state index in [0.717, 1.165) is 37.3 Å². The minimum atomic E-state index is -0.0258. The van der Waals surface area contributed by atoms with Crippen LogP contribution in [0.1, 0.15) is 35.8 Å². The summed E-state index contributed by atoms with van der Waals surface area (Å²) in [5.41, 5.74) is 1.67. The van der Waals surface area contributed by atoms with Gasteiger partial charge in [0.2, 0.25) is 12.6 Å². The largest absolute Gasteiger partial charge is 0.454 e. The summed E-state index contributed by atoms with van der Waals surface area (Å²) >= 11 is 0. The quantitative estimate of drug-likeness (QED) is 0.701. The van der Waals surface area contributed by atoms with Crippen LogP contribution in [-0.4, -0.2) is 45.1 Å². The fourth-order valence-electron chi connectivity index (χ4n) is 4.27. The predicted octanol–water partition coefficient (Wildman–Crippen LogP) is 2.94. The molecule has 7 heteroatoms. The maximum Gasteiger partial charge on any atom is 0.274 e. The lowest BCUT2D eigenvalue weighted by molar-refractivity contribution is 0.0545. The van der Waals surface area contributed by atoms with Crippen molar-refractivity contribution < 1.29 is 14.3 Å². The fraction of sp³-hybridized carbons (Fsp3) is 0.381. The highest BCUT2D eigenvalue weighted by Crippen LogP contribution is 2.37. The van der Waals surface area contributed by atoms with E-state index in [1.54, 1.807) is 16.8 Å². The summed E-state index contributed by atoms with van der Waals surface area (Å²) in [4.78, 5) is 23.6. The number of carbonyl (C=O) groups excluding carboxylic acids is 1. The molecule has 2 aliphatic rings. The van der Waals surface area contributed by atoms with Gasteiger partial charge < -0.3 is 14.4 Å². The number of amides is 1. The number of fused-ring (bicyclic) bond motifs is 2. The summed E-state index contributed by atoms with van der Waals surface area (Å²) < 4.78 is 12.7. The summed E-state index contributed by atoms with van der Waals surface area (Å²) in [5, 5.41) is 0. The monoisotopic (exact) mass is 378 g/mol. The minimum Gasteiger partial charge on any atom is -0.454 e. The first kappa shape index (κ1) is 17.0. The third-order valence-corrected chi connectivity index (χ3v) is 5.59. The minimum absolute atomic E-state index is 0.0129. The molecular weight excluding hydrogens is 356 g/mol. The van der Waals surface area contributed by atoms with E-state index in [1.165, 1.54) is 5.56 Å². The van der Waals surface area contributed by atoms with Gasteiger partial charge >= 0.3 is 0 Å². The van der Waals surface area contributed by atoms with Crippen LogP contribution < -0.4 is 9.47 Å². The molecule has 1 amide bonds. The molecule has 0 radical (unpaired) electrons. The smallest absolute Gasteiger partial charge is 0.274 e. The third-order valence-electron chi connectivity index (χ3n) is 5.59. The molecule has 2 aliphatic heterocycles. The number of hydrogen-bond acceptors (Lipinski definition) is 5. The second-order valence-electron chi connectivity index (χ2n) is 7.96. The van der Waals surface area contributed by atoms with Crippen molar-refractivity contribution in [3.8, 4) is 11.5 Å². The number of imidazole rings is 1. The number of nitrogens with zero attached hydrogens (tertiary/aromatic N) is 4. The molecule has 5 rings (SSSR count). The second kappa shape index (κ2) is 6.51. The molecule has 0 unspecified atom stereocenters. The van der Waals surface area contributed by atoms with Crippen molar-refractivity contribution in [2.75, 3.05) is 19.9 Å². The number of likely N-dealkylation sites (tertiary alicyclic amines) is 1. The van der Waals surface area contributed by atoms with Crippen molar-refractivity contribution in [1.29, 1.82) is 0 Å². The lowest BCUT2D eigenvalue weighted by Crippen LogP contribution is -2.45. The highest BCUT2D eigenvalue weighted by molar-refractivity contribution is 5.92. The van der Waals surface area contributed by atoms with E-state index in [4.69, 9.17) is 9.47 Å². The van der Waals surface area contributed by atoms with Gasteiger partial charge in [0.15, 0.2) is 11.5 Å². The molecule has 144 valence electrons. The first-order valence-corrected chi connectivity index (χ1v) is 9.57. The van der Waals surface area contributed by atoms with Crippen LogP contribution in [-0.2, 0) is 6.42 Å². The van der Waals surface area contributed by atoms with E-state index in [2.05, 4.69) is 29.0 Å². The zero-order chi connectivity index (χ0) is 19.1. The number of ether oxygens (including phenoxy) is 2. The Bertz CT molecular complexity index is 1010. The number of benzene rings is 1. The molecule has 7 nitrogen and oxygen atoms in total. The van der Waals surface area contributed by atoms with Crippen LogP contribution >= 0.6 is 0 Å². The summed E-state index contributed by atoms with van der Waals surface area (Å²) in [6, 6.07) is 7.94. The maximum atomic E-state index is 13.0. The lowest BCUT2D eigenvalue weighted by atomic mass is 9.77. The molecule has 1 atom stereocenters. The average molecular weight is 378 g/mol. The van der Waals surface area contributed by atoms with Gasteiger partial charge in [0, 0.05) is 31.7 Å². The first-order valence-electron chi connectivity index (χ1n) is 9.57. The number of hydrogen-bond donors (Lipinski definition) is 0. The third kappa shape index (κ3) is 3.06. The summed E-state index contributed by atoms with van der Waals surface area (Å²) in [6.45, 7) is 4.01. The molecule has 3 aromatic rings. The van der Waals surface area contributed by atoms with Gasteiger partial charge in [-0.3, -0.25) is 9.20 Å². The number of carbonyl (C=O) groups is 1. The topological polar surface area (TPSA) is 69.0 Å². The van der Waals surface area contributed by atoms with Crippen molar-refractivity contribution in [3.63, 3.8) is 0 Å². The van der Waals surface area contributed by atoms with Crippen molar-refractivity contribution in [2.45, 2.75) is 26.2 Å². The molecular formula is C21H22N4O3. The fourth-order valence-corrected chi connectivity index (χ4v) is 4.27. The van der Waals surface area contributed by atoms with Gasteiger partial charge in [0.05, 0.1) is 0 Å². The molecule has 0 saturated carbocycles. The van der Waals surface area contributed by atoms with Gasteiger partial charge in [-0.15, -0.1) is 0 Å². The molecule has 1 aromatic carbocycles. The molecule has 0 N–H and O–H groups in total. The van der Waals surface area contributed by atoms with Crippen molar-refractivity contribution in [1.82, 2.24) is 19.3 Å². The average Bonchev–Trinajstić information content (AvgIpc) is 3.33. The van der Waals surface area contributed by atoms with Crippen molar-refractivity contribution in [3.05, 3.63) is 54.1 Å². The Hall–Kier alpha value is -3.09. The van der Waals surface area contributed by atoms with E-state index in [9.17, 15) is 4.79 Å². The van der Waals surface area contributed by atoms with Gasteiger partial charge in [0.25, 0.3) is 5.91 Å². The SMILES string of the molecule is C[C@@]1(Cc2ccc3c(c2)OCO3)CCCN(C(=O)c2cn3cccnc3n2)C1. The normalized spacial score (nSPS) is 21.2. The number of rotatable bonds is 3. The van der Waals surface area contributed by atoms with E-state index in [1.807, 2.05) is 23.2 Å². The van der Waals surface area contributed by atoms with Crippen LogP contribution in [0.5, 0.6) is 11.5 Å². The van der Waals surface area contributed by atoms with E-state index in [0.29, 0.717) is 18.0 Å². The Morgan fingerprint density at radius 1 is 1.29 bits per heavy atom. The molecule has 0 bridgehead atoms. The van der Waals surface area contributed by atoms with Crippen LogP contribution in [0.4, 0.5) is 0 Å². The summed E-state index contributed by atoms with van der Waals surface area (Å²) in [5.74, 6) is 2.13. The molecule has 1 fully saturated rings. The van der Waals surface area contributed by atoms with Crippen LogP contribution in [0.25, 0.3) is 5.78 Å². The zero-order valence-electron chi connectivity index (χ0n) is 15.8. The van der Waals surface area contributed by atoms with Crippen LogP contribution in [0.3, 0.4) is 0 Å². The highest BCUT2D eigenvalue weighted by Gasteiger charge is 2.34. The highest BCUT2D eigenvalue weighted by atomic mass is 16.7. The number of aromatic nitrogens is 3. The molecule has 4 heterocycles. The van der Waals surface area contributed by atoms with Gasteiger partial charge in [-0.1, -0.05) is 13.0 Å². The molecule has 2 aromatic heterocycles. The maximum absolute atomic E-state index is 13.0. The zero-order valence-corrected chi connectivity index (χ0v) is 15.8. The Kier molecular flexibility index (Phi) is 3.96. The van der Waals surface area contributed by atoms with Crippen LogP contribution in [0.15, 0.2) is 42.9 Å². The predicted molar refractivity (Wildman–Crippen MR) is 103 cm³/mol. The Labute approximate surface area is 162 Å². The molecule has 0 spiro atoms. The Morgan fingerprint density at radius 3 is 3.07 bits per heavy atom. The van der Waals surface area contributed by atoms with Crippen molar-refractivity contribution >= 4 is 11.7 Å². The van der Waals surface area contributed by atoms with E-state index < -0.39 is 0 Å². The molecule has 28 heavy (non-hydrogen) atoms. The van der Waals surface area contributed by atoms with Gasteiger partial charge in [-0.05, 0) is 48.4 Å². The first-order chi connectivity index (χ1) is 13.6. The summed E-state index contributed by atoms with van der Waals surface area (Å²) in [7, 11) is 0. The Balaban J connectivity index is 1.34. The molecule has 1 saturated heterocycles. The standard InChI is InChI=1S/C21H22N4O3/c1-21(11-15-4-5-17-18(10-15)28-14-27-17)6-2-8-25(13-21)19(26)16-12-24-9-3-7-22-20(24)23-16/h3-5,7,9-10,12H,2,6,8,11,13-14H2,1H3/t21-/m0/s1. The lowest BCUT2D eigenvalue weighted by Gasteiger charge is -2.40. The van der Waals surface area contributed by atoms with Crippen molar-refractivity contribution in [2.24, 2.45) is 5.41 Å². The van der Waals surface area contributed by atoms with Crippen LogP contribution in [0.2, 0.25) is 0 Å². The second-order valence-corrected chi connectivity index (χ2v) is 7.96. The van der Waals surface area contributed by atoms with Gasteiger partial charge in [-0.25, -0.2) is 9.97 Å². The van der Waals surface area contributed by atoms with E-state index >= 15 is 0 Å². The van der Waals surface area contributed by atoms with Crippen LogP contribution in [0, 0.1) is 5.41 Å². The number of piperidine rings is 1. The molecule has 0 aliphatic carbocycles. The van der Waals surface area contributed by atoms with E-state index in [-0.39, 0.29) is 18.1 Å². The van der Waals surface area contributed by atoms with Gasteiger partial charge in [0.1, 0.15) is 5.69 Å². The Morgan fingerprint density at radius 2 is 2.18 bits per heavy atom. The summed E-state index contributed by atoms with van der Waals surface area (Å²) in [6.07, 6.45) is 8.25.